The maximum atomic E-state index is 11.6. The average Bonchev–Trinajstić information content (AvgIpc) is 2.37. The lowest BCUT2D eigenvalue weighted by Gasteiger charge is -2.40. The van der Waals surface area contributed by atoms with E-state index in [9.17, 15) is 8.42 Å². The first-order valence-corrected chi connectivity index (χ1v) is 8.03. The van der Waals surface area contributed by atoms with Crippen LogP contribution in [0.4, 0.5) is 0 Å². The summed E-state index contributed by atoms with van der Waals surface area (Å²) in [5.74, 6) is 0.0608. The van der Waals surface area contributed by atoms with Crippen molar-refractivity contribution in [2.24, 2.45) is 5.41 Å². The van der Waals surface area contributed by atoms with Crippen LogP contribution in [0.3, 0.4) is 0 Å². The van der Waals surface area contributed by atoms with Gasteiger partial charge in [-0.25, -0.2) is 0 Å². The van der Waals surface area contributed by atoms with E-state index in [4.69, 9.17) is 4.74 Å². The Labute approximate surface area is 114 Å². The molecule has 1 saturated carbocycles. The Bertz CT molecular complexity index is 491. The summed E-state index contributed by atoms with van der Waals surface area (Å²) in [6, 6.07) is 9.89. The van der Waals surface area contributed by atoms with Gasteiger partial charge < -0.3 is 4.74 Å². The van der Waals surface area contributed by atoms with Gasteiger partial charge >= 0.3 is 0 Å². The third kappa shape index (κ3) is 4.03. The van der Waals surface area contributed by atoms with Crippen LogP contribution < -0.4 is 0 Å². The van der Waals surface area contributed by atoms with Crippen molar-refractivity contribution >= 4 is 10.1 Å². The second-order valence-electron chi connectivity index (χ2n) is 5.20. The quantitative estimate of drug-likeness (QED) is 0.721. The van der Waals surface area contributed by atoms with E-state index in [0.29, 0.717) is 13.2 Å². The largest absolute Gasteiger partial charge is 0.376 e. The second kappa shape index (κ2) is 6.03. The fourth-order valence-electron chi connectivity index (χ4n) is 2.40. The molecule has 1 aliphatic carbocycles. The molecule has 0 saturated heterocycles. The minimum absolute atomic E-state index is 0.0608. The van der Waals surface area contributed by atoms with Crippen LogP contribution >= 0.6 is 0 Å². The van der Waals surface area contributed by atoms with Crippen LogP contribution in [0, 0.1) is 5.41 Å². The van der Waals surface area contributed by atoms with Gasteiger partial charge in [0.25, 0.3) is 10.1 Å². The van der Waals surface area contributed by atoms with E-state index in [1.54, 1.807) is 0 Å². The molecule has 1 aliphatic rings. The first kappa shape index (κ1) is 14.5. The zero-order valence-electron chi connectivity index (χ0n) is 11.2. The Morgan fingerprint density at radius 2 is 1.89 bits per heavy atom. The summed E-state index contributed by atoms with van der Waals surface area (Å²) < 4.78 is 33.4. The third-order valence-electron chi connectivity index (χ3n) is 3.67. The van der Waals surface area contributed by atoms with Crippen molar-refractivity contribution in [2.75, 3.05) is 19.5 Å². The summed E-state index contributed by atoms with van der Waals surface area (Å²) in [7, 11) is -2.20. The van der Waals surface area contributed by atoms with E-state index < -0.39 is 10.1 Å². The van der Waals surface area contributed by atoms with Gasteiger partial charge in [-0.1, -0.05) is 36.8 Å². The van der Waals surface area contributed by atoms with Gasteiger partial charge in [0, 0.05) is 5.41 Å². The molecule has 1 aromatic rings. The highest BCUT2D eigenvalue weighted by Gasteiger charge is 2.41. The van der Waals surface area contributed by atoms with Gasteiger partial charge in [-0.2, -0.15) is 8.42 Å². The normalized spacial score (nSPS) is 17.9. The minimum Gasteiger partial charge on any atom is -0.376 e. The van der Waals surface area contributed by atoms with Gasteiger partial charge in [0.05, 0.1) is 26.1 Å². The first-order chi connectivity index (χ1) is 9.05. The van der Waals surface area contributed by atoms with Crippen molar-refractivity contribution in [1.29, 1.82) is 0 Å². The maximum Gasteiger partial charge on any atom is 0.267 e. The standard InChI is InChI=1S/C14H20O4S/c1-17-19(15,16)12-14(8-5-9-14)11-18-10-13-6-3-2-4-7-13/h2-4,6-7H,5,8-12H2,1H3. The number of hydrogen-bond donors (Lipinski definition) is 0. The van der Waals surface area contributed by atoms with Gasteiger partial charge in [-0.3, -0.25) is 4.18 Å². The third-order valence-corrected chi connectivity index (χ3v) is 5.14. The fourth-order valence-corrected chi connectivity index (χ4v) is 3.64. The molecule has 5 heteroatoms. The Morgan fingerprint density at radius 3 is 2.42 bits per heavy atom. The molecular weight excluding hydrogens is 264 g/mol. The van der Waals surface area contributed by atoms with E-state index in [0.717, 1.165) is 24.8 Å². The lowest BCUT2D eigenvalue weighted by atomic mass is 9.71. The molecule has 0 atom stereocenters. The number of rotatable bonds is 7. The predicted octanol–water partition coefficient (Wildman–Crippen LogP) is 2.35. The zero-order chi connectivity index (χ0) is 13.8. The summed E-state index contributed by atoms with van der Waals surface area (Å²) in [5, 5.41) is 0. The Balaban J connectivity index is 1.86. The summed E-state index contributed by atoms with van der Waals surface area (Å²) in [4.78, 5) is 0. The highest BCUT2D eigenvalue weighted by molar-refractivity contribution is 7.86. The van der Waals surface area contributed by atoms with Crippen molar-refractivity contribution in [3.8, 4) is 0 Å². The summed E-state index contributed by atoms with van der Waals surface area (Å²) in [6.45, 7) is 1.00. The monoisotopic (exact) mass is 284 g/mol. The van der Waals surface area contributed by atoms with Gasteiger partial charge in [0.1, 0.15) is 0 Å². The molecule has 106 valence electrons. The highest BCUT2D eigenvalue weighted by atomic mass is 32.2. The SMILES string of the molecule is COS(=O)(=O)CC1(COCc2ccccc2)CCC1. The smallest absolute Gasteiger partial charge is 0.267 e. The van der Waals surface area contributed by atoms with Crippen LogP contribution in [0.1, 0.15) is 24.8 Å². The maximum absolute atomic E-state index is 11.6. The Morgan fingerprint density at radius 1 is 1.21 bits per heavy atom. The predicted molar refractivity (Wildman–Crippen MR) is 73.2 cm³/mol. The molecule has 1 fully saturated rings. The van der Waals surface area contributed by atoms with E-state index in [2.05, 4.69) is 4.18 Å². The summed E-state index contributed by atoms with van der Waals surface area (Å²) >= 11 is 0. The molecule has 0 aromatic heterocycles. The van der Waals surface area contributed by atoms with Gasteiger partial charge in [-0.05, 0) is 18.4 Å². The molecule has 0 bridgehead atoms. The number of benzene rings is 1. The van der Waals surface area contributed by atoms with E-state index in [1.165, 1.54) is 7.11 Å². The zero-order valence-corrected chi connectivity index (χ0v) is 12.0. The van der Waals surface area contributed by atoms with E-state index >= 15 is 0 Å². The second-order valence-corrected chi connectivity index (χ2v) is 6.94. The van der Waals surface area contributed by atoms with E-state index in [1.807, 2.05) is 30.3 Å². The lowest BCUT2D eigenvalue weighted by Crippen LogP contribution is -2.41. The van der Waals surface area contributed by atoms with Crippen molar-refractivity contribution in [3.05, 3.63) is 35.9 Å². The van der Waals surface area contributed by atoms with Crippen molar-refractivity contribution in [2.45, 2.75) is 25.9 Å². The fraction of sp³-hybridized carbons (Fsp3) is 0.571. The van der Waals surface area contributed by atoms with Crippen molar-refractivity contribution in [3.63, 3.8) is 0 Å². The molecule has 2 rings (SSSR count). The molecule has 4 nitrogen and oxygen atoms in total. The molecule has 0 radical (unpaired) electrons. The minimum atomic E-state index is -3.41. The topological polar surface area (TPSA) is 52.6 Å². The van der Waals surface area contributed by atoms with Crippen LogP contribution in [0.2, 0.25) is 0 Å². The molecule has 0 unspecified atom stereocenters. The molecule has 0 spiro atoms. The van der Waals surface area contributed by atoms with Crippen molar-refractivity contribution in [1.82, 2.24) is 0 Å². The van der Waals surface area contributed by atoms with Crippen LogP contribution in [0.5, 0.6) is 0 Å². The lowest BCUT2D eigenvalue weighted by molar-refractivity contribution is -0.000113. The molecule has 1 aromatic carbocycles. The molecule has 19 heavy (non-hydrogen) atoms. The average molecular weight is 284 g/mol. The van der Waals surface area contributed by atoms with Crippen LogP contribution in [0.25, 0.3) is 0 Å². The Kier molecular flexibility index (Phi) is 4.60. The molecule has 0 aliphatic heterocycles. The number of hydrogen-bond acceptors (Lipinski definition) is 4. The van der Waals surface area contributed by atoms with Crippen LogP contribution in [0.15, 0.2) is 30.3 Å². The molecular formula is C14H20O4S. The first-order valence-electron chi connectivity index (χ1n) is 6.45. The molecule has 0 N–H and O–H groups in total. The van der Waals surface area contributed by atoms with Gasteiger partial charge in [0.2, 0.25) is 0 Å². The van der Waals surface area contributed by atoms with Gasteiger partial charge in [-0.15, -0.1) is 0 Å². The summed E-state index contributed by atoms with van der Waals surface area (Å²) in [6.07, 6.45) is 2.85. The van der Waals surface area contributed by atoms with Crippen LogP contribution in [-0.2, 0) is 25.6 Å². The van der Waals surface area contributed by atoms with Crippen molar-refractivity contribution < 1.29 is 17.3 Å². The Hall–Kier alpha value is -0.910. The van der Waals surface area contributed by atoms with Crippen LogP contribution in [-0.4, -0.2) is 27.9 Å². The highest BCUT2D eigenvalue weighted by Crippen LogP contribution is 2.42. The molecule has 0 amide bonds. The van der Waals surface area contributed by atoms with E-state index in [-0.39, 0.29) is 11.2 Å². The molecule has 0 heterocycles. The number of ether oxygens (including phenoxy) is 1. The van der Waals surface area contributed by atoms with Gasteiger partial charge in [0.15, 0.2) is 0 Å². The summed E-state index contributed by atoms with van der Waals surface area (Å²) in [5.41, 5.74) is 0.857.